The molecular formula is C31H45N3O2. The molecule has 1 atom stereocenters. The average molecular weight is 492 g/mol. The molecule has 0 N–H and O–H groups in total. The van der Waals surface area contributed by atoms with Crippen LogP contribution in [0.5, 0.6) is 5.75 Å². The van der Waals surface area contributed by atoms with Crippen LogP contribution in [-0.4, -0.2) is 61.5 Å². The van der Waals surface area contributed by atoms with E-state index in [1.54, 1.807) is 0 Å². The summed E-state index contributed by atoms with van der Waals surface area (Å²) >= 11 is 0. The van der Waals surface area contributed by atoms with E-state index in [4.69, 9.17) is 4.74 Å². The number of hydrogen-bond donors (Lipinski definition) is 0. The summed E-state index contributed by atoms with van der Waals surface area (Å²) in [7, 11) is 4.04. The van der Waals surface area contributed by atoms with Crippen LogP contribution in [-0.2, 0) is 11.4 Å². The zero-order chi connectivity index (χ0) is 26.1. The summed E-state index contributed by atoms with van der Waals surface area (Å²) < 4.78 is 6.00. The number of anilines is 1. The fraction of sp³-hybridized carbons (Fsp3) is 0.516. The van der Waals surface area contributed by atoms with Gasteiger partial charge in [0, 0.05) is 31.4 Å². The van der Waals surface area contributed by atoms with Gasteiger partial charge in [-0.2, -0.15) is 0 Å². The smallest absolute Gasteiger partial charge is 0.239 e. The van der Waals surface area contributed by atoms with Crippen molar-refractivity contribution in [2.75, 3.05) is 38.6 Å². The number of likely N-dealkylation sites (N-methyl/N-ethyl adjacent to an activating group) is 1. The maximum Gasteiger partial charge on any atom is 0.239 e. The summed E-state index contributed by atoms with van der Waals surface area (Å²) in [5.74, 6) is 1.66. The highest BCUT2D eigenvalue weighted by Gasteiger charge is 2.31. The zero-order valence-corrected chi connectivity index (χ0v) is 23.1. The average Bonchev–Trinajstić information content (AvgIpc) is 2.87. The number of carbonyl (C=O) groups is 1. The second-order valence-electron chi connectivity index (χ2n) is 10.9. The lowest BCUT2D eigenvalue weighted by Gasteiger charge is -2.41. The second kappa shape index (κ2) is 13.5. The van der Waals surface area contributed by atoms with Crippen LogP contribution in [0.2, 0.25) is 0 Å². The molecule has 2 aromatic carbocycles. The molecule has 0 spiro atoms. The first-order valence-corrected chi connectivity index (χ1v) is 13.4. The number of piperidine rings is 1. The lowest BCUT2D eigenvalue weighted by atomic mass is 9.98. The fourth-order valence-electron chi connectivity index (χ4n) is 4.81. The third-order valence-electron chi connectivity index (χ3n) is 6.93. The molecule has 0 radical (unpaired) electrons. The topological polar surface area (TPSA) is 36.0 Å². The Morgan fingerprint density at radius 2 is 1.67 bits per heavy atom. The van der Waals surface area contributed by atoms with Gasteiger partial charge in [-0.25, -0.2) is 0 Å². The maximum atomic E-state index is 13.3. The minimum atomic E-state index is -0.0354. The Morgan fingerprint density at radius 3 is 2.22 bits per heavy atom. The first-order chi connectivity index (χ1) is 17.2. The standard InChI is InChI=1S/C31H45N3O2/c1-24(2)16-21-34(27-12-14-29(15-13-27)36-23-26-10-8-7-9-11-26)28-17-19-33(20-18-28)31(35)30(32(5)6)22-25(3)4/h7-16,25,28,30H,17-23H2,1-6H3/t30-/m0/s1. The first kappa shape index (κ1) is 27.8. The fourth-order valence-corrected chi connectivity index (χ4v) is 4.81. The molecule has 1 heterocycles. The van der Waals surface area contributed by atoms with Crippen molar-refractivity contribution in [2.24, 2.45) is 5.92 Å². The number of ether oxygens (including phenoxy) is 1. The minimum Gasteiger partial charge on any atom is -0.489 e. The Hall–Kier alpha value is -2.79. The summed E-state index contributed by atoms with van der Waals surface area (Å²) in [6.45, 7) is 11.7. The molecule has 5 nitrogen and oxygen atoms in total. The van der Waals surface area contributed by atoms with E-state index in [-0.39, 0.29) is 11.9 Å². The van der Waals surface area contributed by atoms with Crippen LogP contribution in [0.25, 0.3) is 0 Å². The van der Waals surface area contributed by atoms with Crippen molar-refractivity contribution >= 4 is 11.6 Å². The Labute approximate surface area is 218 Å². The van der Waals surface area contributed by atoms with E-state index < -0.39 is 0 Å². The van der Waals surface area contributed by atoms with Crippen LogP contribution >= 0.6 is 0 Å². The molecule has 0 bridgehead atoms. The van der Waals surface area contributed by atoms with E-state index >= 15 is 0 Å². The second-order valence-corrected chi connectivity index (χ2v) is 10.9. The summed E-state index contributed by atoms with van der Waals surface area (Å²) in [5, 5.41) is 0. The largest absolute Gasteiger partial charge is 0.489 e. The number of carbonyl (C=O) groups excluding carboxylic acids is 1. The summed E-state index contributed by atoms with van der Waals surface area (Å²) in [5.41, 5.74) is 3.69. The SMILES string of the molecule is CC(C)=CCN(c1ccc(OCc2ccccc2)cc1)C1CCN(C(=O)[C@H](CC(C)C)N(C)C)CC1. The van der Waals surface area contributed by atoms with Gasteiger partial charge in [0.25, 0.3) is 0 Å². The van der Waals surface area contributed by atoms with Crippen LogP contribution in [0.15, 0.2) is 66.2 Å². The van der Waals surface area contributed by atoms with Gasteiger partial charge >= 0.3 is 0 Å². The molecule has 0 saturated carbocycles. The van der Waals surface area contributed by atoms with Gasteiger partial charge in [0.2, 0.25) is 5.91 Å². The Kier molecular flexibility index (Phi) is 10.4. The molecule has 36 heavy (non-hydrogen) atoms. The monoisotopic (exact) mass is 491 g/mol. The van der Waals surface area contributed by atoms with E-state index in [9.17, 15) is 4.79 Å². The zero-order valence-electron chi connectivity index (χ0n) is 23.1. The highest BCUT2D eigenvalue weighted by Crippen LogP contribution is 2.27. The molecule has 3 rings (SSSR count). The van der Waals surface area contributed by atoms with E-state index in [1.165, 1.54) is 11.3 Å². The Bertz CT molecular complexity index is 957. The van der Waals surface area contributed by atoms with Crippen LogP contribution in [0.3, 0.4) is 0 Å². The van der Waals surface area contributed by atoms with Crippen molar-refractivity contribution in [2.45, 2.75) is 65.6 Å². The van der Waals surface area contributed by atoms with Gasteiger partial charge in [0.1, 0.15) is 12.4 Å². The van der Waals surface area contributed by atoms with Crippen molar-refractivity contribution in [1.29, 1.82) is 0 Å². The Morgan fingerprint density at radius 1 is 1.03 bits per heavy atom. The van der Waals surface area contributed by atoms with Gasteiger partial charge in [-0.05, 0) is 83.0 Å². The van der Waals surface area contributed by atoms with Gasteiger partial charge in [0.15, 0.2) is 0 Å². The number of nitrogens with zero attached hydrogens (tertiary/aromatic N) is 3. The van der Waals surface area contributed by atoms with Crippen LogP contribution in [0, 0.1) is 5.92 Å². The highest BCUT2D eigenvalue weighted by molar-refractivity contribution is 5.82. The van der Waals surface area contributed by atoms with Crippen molar-refractivity contribution in [1.82, 2.24) is 9.80 Å². The molecule has 0 unspecified atom stereocenters. The van der Waals surface area contributed by atoms with Crippen LogP contribution < -0.4 is 9.64 Å². The summed E-state index contributed by atoms with van der Waals surface area (Å²) in [6.07, 6.45) is 5.16. The Balaban J connectivity index is 1.65. The van der Waals surface area contributed by atoms with Crippen molar-refractivity contribution in [3.63, 3.8) is 0 Å². The number of rotatable bonds is 11. The molecule has 196 valence electrons. The number of hydrogen-bond acceptors (Lipinski definition) is 4. The lowest BCUT2D eigenvalue weighted by molar-refractivity contribution is -0.137. The molecule has 1 saturated heterocycles. The predicted molar refractivity (Wildman–Crippen MR) is 151 cm³/mol. The van der Waals surface area contributed by atoms with Crippen LogP contribution in [0.1, 0.15) is 52.5 Å². The molecule has 5 heteroatoms. The van der Waals surface area contributed by atoms with E-state index in [0.717, 1.165) is 50.2 Å². The number of allylic oxidation sites excluding steroid dienone is 1. The quantitative estimate of drug-likeness (QED) is 0.361. The third-order valence-corrected chi connectivity index (χ3v) is 6.93. The molecule has 1 aliphatic heterocycles. The molecule has 1 amide bonds. The minimum absolute atomic E-state index is 0.0354. The van der Waals surface area contributed by atoms with Crippen molar-refractivity contribution < 1.29 is 9.53 Å². The van der Waals surface area contributed by atoms with Gasteiger partial charge in [-0.15, -0.1) is 0 Å². The normalized spacial score (nSPS) is 15.2. The third kappa shape index (κ3) is 8.12. The number of benzene rings is 2. The van der Waals surface area contributed by atoms with E-state index in [2.05, 4.69) is 84.9 Å². The molecule has 2 aromatic rings. The molecule has 0 aliphatic carbocycles. The highest BCUT2D eigenvalue weighted by atomic mass is 16.5. The van der Waals surface area contributed by atoms with Crippen molar-refractivity contribution in [3.05, 3.63) is 71.8 Å². The summed E-state index contributed by atoms with van der Waals surface area (Å²) in [6, 6.07) is 19.1. The molecular weight excluding hydrogens is 446 g/mol. The summed E-state index contributed by atoms with van der Waals surface area (Å²) in [4.78, 5) is 19.9. The van der Waals surface area contributed by atoms with Crippen molar-refractivity contribution in [3.8, 4) is 5.75 Å². The molecule has 0 aromatic heterocycles. The van der Waals surface area contributed by atoms with Gasteiger partial charge < -0.3 is 14.5 Å². The lowest BCUT2D eigenvalue weighted by Crippen LogP contribution is -2.52. The van der Waals surface area contributed by atoms with E-state index in [1.807, 2.05) is 32.3 Å². The van der Waals surface area contributed by atoms with Gasteiger partial charge in [-0.1, -0.05) is 55.8 Å². The first-order valence-electron chi connectivity index (χ1n) is 13.4. The van der Waals surface area contributed by atoms with Gasteiger partial charge in [0.05, 0.1) is 6.04 Å². The van der Waals surface area contributed by atoms with E-state index in [0.29, 0.717) is 18.6 Å². The van der Waals surface area contributed by atoms with Gasteiger partial charge in [-0.3, -0.25) is 9.69 Å². The van der Waals surface area contributed by atoms with Crippen LogP contribution in [0.4, 0.5) is 5.69 Å². The number of likely N-dealkylation sites (tertiary alicyclic amines) is 1. The number of amides is 1. The maximum absolute atomic E-state index is 13.3. The predicted octanol–water partition coefficient (Wildman–Crippen LogP) is 6.01. The molecule has 1 aliphatic rings. The molecule has 1 fully saturated rings.